The Bertz CT molecular complexity index is 330. The van der Waals surface area contributed by atoms with Crippen molar-refractivity contribution in [1.82, 2.24) is 5.32 Å². The molecule has 88 valence electrons. The van der Waals surface area contributed by atoms with Crippen molar-refractivity contribution in [1.29, 1.82) is 0 Å². The third kappa shape index (κ3) is 4.31. The molecule has 0 fully saturated rings. The Labute approximate surface area is 95.8 Å². The quantitative estimate of drug-likeness (QED) is 0.706. The van der Waals surface area contributed by atoms with Gasteiger partial charge in [-0.2, -0.15) is 0 Å². The van der Waals surface area contributed by atoms with Gasteiger partial charge in [-0.3, -0.25) is 0 Å². The number of carbonyl (C=O) groups is 1. The number of hydrogen-bond donors (Lipinski definition) is 2. The van der Waals surface area contributed by atoms with Gasteiger partial charge in [-0.1, -0.05) is 26.0 Å². The molecule has 0 amide bonds. The van der Waals surface area contributed by atoms with Gasteiger partial charge in [0, 0.05) is 6.20 Å². The summed E-state index contributed by atoms with van der Waals surface area (Å²) in [6.07, 6.45) is 9.43. The smallest absolute Gasteiger partial charge is 0.329 e. The molecule has 1 aliphatic rings. The van der Waals surface area contributed by atoms with E-state index in [-0.39, 0.29) is 0 Å². The Kier molecular flexibility index (Phi) is 4.79. The molecular formula is C12H18N2O2. The summed E-state index contributed by atoms with van der Waals surface area (Å²) in [6, 6.07) is -0.570. The highest BCUT2D eigenvalue weighted by Crippen LogP contribution is 2.06. The van der Waals surface area contributed by atoms with Crippen molar-refractivity contribution in [3.63, 3.8) is 0 Å². The summed E-state index contributed by atoms with van der Waals surface area (Å²) in [4.78, 5) is 11.6. The molecule has 0 saturated heterocycles. The molecule has 0 aromatic heterocycles. The molecule has 0 bridgehead atoms. The minimum absolute atomic E-state index is 0.374. The average Bonchev–Trinajstić information content (AvgIpc) is 2.45. The van der Waals surface area contributed by atoms with Crippen molar-refractivity contribution in [2.45, 2.75) is 26.3 Å². The maximum Gasteiger partial charge on any atom is 0.329 e. The minimum atomic E-state index is -0.570. The van der Waals surface area contributed by atoms with E-state index in [0.29, 0.717) is 18.2 Å². The fraction of sp³-hybridized carbons (Fsp3) is 0.417. The molecule has 16 heavy (non-hydrogen) atoms. The van der Waals surface area contributed by atoms with E-state index in [4.69, 9.17) is 10.5 Å². The second-order valence-corrected chi connectivity index (χ2v) is 4.08. The number of nitrogens with one attached hydrogen (secondary N) is 1. The highest BCUT2D eigenvalue weighted by atomic mass is 16.5. The van der Waals surface area contributed by atoms with Crippen LogP contribution in [0.25, 0.3) is 0 Å². The van der Waals surface area contributed by atoms with Gasteiger partial charge in [0.25, 0.3) is 0 Å². The fourth-order valence-electron chi connectivity index (χ4n) is 1.29. The Morgan fingerprint density at radius 2 is 2.19 bits per heavy atom. The molecule has 1 aliphatic heterocycles. The van der Waals surface area contributed by atoms with Crippen LogP contribution < -0.4 is 11.1 Å². The van der Waals surface area contributed by atoms with Crippen molar-refractivity contribution in [2.75, 3.05) is 0 Å². The highest BCUT2D eigenvalue weighted by molar-refractivity contribution is 5.76. The number of hydrogen-bond acceptors (Lipinski definition) is 4. The molecule has 1 rings (SSSR count). The van der Waals surface area contributed by atoms with Crippen molar-refractivity contribution in [2.24, 2.45) is 11.7 Å². The molecule has 1 atom stereocenters. The number of rotatable bonds is 4. The Morgan fingerprint density at radius 3 is 2.88 bits per heavy atom. The fourth-order valence-corrected chi connectivity index (χ4v) is 1.29. The summed E-state index contributed by atoms with van der Waals surface area (Å²) in [6.45, 7) is 4.03. The van der Waals surface area contributed by atoms with Crippen molar-refractivity contribution < 1.29 is 9.53 Å². The first kappa shape index (κ1) is 12.5. The summed E-state index contributed by atoms with van der Waals surface area (Å²) < 4.78 is 5.12. The second kappa shape index (κ2) is 6.12. The Morgan fingerprint density at radius 1 is 1.44 bits per heavy atom. The van der Waals surface area contributed by atoms with Crippen LogP contribution in [0.4, 0.5) is 0 Å². The topological polar surface area (TPSA) is 64.4 Å². The number of carbonyl (C=O) groups excluding carboxylic acids is 1. The van der Waals surface area contributed by atoms with Crippen LogP contribution in [-0.4, -0.2) is 12.0 Å². The molecule has 0 unspecified atom stereocenters. The molecule has 0 aromatic carbocycles. The monoisotopic (exact) mass is 222 g/mol. The maximum atomic E-state index is 11.6. The standard InChI is InChI=1S/C12H18N2O2/c1-9(2)8-10(13)12(15)16-11-6-4-3-5-7-14-11/h3-7,9-10,14H,8,13H2,1-2H3/t10-/m0/s1. The molecule has 4 nitrogen and oxygen atoms in total. The second-order valence-electron chi connectivity index (χ2n) is 4.08. The average molecular weight is 222 g/mol. The van der Waals surface area contributed by atoms with Crippen molar-refractivity contribution in [3.8, 4) is 0 Å². The molecule has 0 aromatic rings. The van der Waals surface area contributed by atoms with E-state index < -0.39 is 12.0 Å². The van der Waals surface area contributed by atoms with Gasteiger partial charge in [0.1, 0.15) is 6.04 Å². The van der Waals surface area contributed by atoms with Crippen LogP contribution in [0.1, 0.15) is 20.3 Å². The summed E-state index contributed by atoms with van der Waals surface area (Å²) >= 11 is 0. The first-order valence-electron chi connectivity index (χ1n) is 5.37. The minimum Gasteiger partial charge on any atom is -0.408 e. The van der Waals surface area contributed by atoms with E-state index in [1.807, 2.05) is 26.0 Å². The van der Waals surface area contributed by atoms with E-state index in [1.165, 1.54) is 0 Å². The predicted molar refractivity (Wildman–Crippen MR) is 63.0 cm³/mol. The highest BCUT2D eigenvalue weighted by Gasteiger charge is 2.17. The van der Waals surface area contributed by atoms with Crippen LogP contribution in [0, 0.1) is 5.92 Å². The summed E-state index contributed by atoms with van der Waals surface area (Å²) in [5, 5.41) is 2.84. The lowest BCUT2D eigenvalue weighted by Crippen LogP contribution is -2.34. The molecule has 0 saturated carbocycles. The van der Waals surface area contributed by atoms with Gasteiger partial charge in [-0.05, 0) is 24.5 Å². The van der Waals surface area contributed by atoms with Gasteiger partial charge in [-0.15, -0.1) is 0 Å². The lowest BCUT2D eigenvalue weighted by atomic mass is 10.1. The van der Waals surface area contributed by atoms with Gasteiger partial charge in [0.15, 0.2) is 0 Å². The van der Waals surface area contributed by atoms with E-state index in [9.17, 15) is 4.79 Å². The van der Waals surface area contributed by atoms with E-state index >= 15 is 0 Å². The van der Waals surface area contributed by atoms with Gasteiger partial charge < -0.3 is 15.8 Å². The lowest BCUT2D eigenvalue weighted by Gasteiger charge is -2.14. The van der Waals surface area contributed by atoms with E-state index in [1.54, 1.807) is 18.4 Å². The first-order chi connectivity index (χ1) is 7.59. The molecular weight excluding hydrogens is 204 g/mol. The zero-order chi connectivity index (χ0) is 12.0. The molecule has 4 heteroatoms. The summed E-state index contributed by atoms with van der Waals surface area (Å²) in [5.74, 6) is 0.365. The molecule has 3 N–H and O–H groups in total. The van der Waals surface area contributed by atoms with Crippen LogP contribution in [0.2, 0.25) is 0 Å². The maximum absolute atomic E-state index is 11.6. The third-order valence-electron chi connectivity index (χ3n) is 2.03. The van der Waals surface area contributed by atoms with Crippen molar-refractivity contribution in [3.05, 3.63) is 36.4 Å². The van der Waals surface area contributed by atoms with E-state index in [0.717, 1.165) is 0 Å². The lowest BCUT2D eigenvalue weighted by molar-refractivity contribution is -0.141. The van der Waals surface area contributed by atoms with Crippen LogP contribution in [-0.2, 0) is 9.53 Å². The SMILES string of the molecule is CC(C)C[C@H](N)C(=O)OC1=CC=CC=CN1. The molecule has 0 radical (unpaired) electrons. The Balaban J connectivity index is 2.47. The summed E-state index contributed by atoms with van der Waals surface area (Å²) in [5.41, 5.74) is 5.71. The largest absolute Gasteiger partial charge is 0.408 e. The zero-order valence-corrected chi connectivity index (χ0v) is 9.64. The first-order valence-corrected chi connectivity index (χ1v) is 5.37. The Hall–Kier alpha value is -1.55. The number of esters is 1. The molecule has 1 heterocycles. The van der Waals surface area contributed by atoms with Crippen LogP contribution in [0.3, 0.4) is 0 Å². The van der Waals surface area contributed by atoms with Gasteiger partial charge in [0.2, 0.25) is 5.88 Å². The number of nitrogens with two attached hydrogens (primary N) is 1. The van der Waals surface area contributed by atoms with Crippen LogP contribution in [0.5, 0.6) is 0 Å². The molecule has 0 aliphatic carbocycles. The number of allylic oxidation sites excluding steroid dienone is 4. The molecule has 0 spiro atoms. The van der Waals surface area contributed by atoms with Crippen LogP contribution >= 0.6 is 0 Å². The van der Waals surface area contributed by atoms with Crippen molar-refractivity contribution >= 4 is 5.97 Å². The zero-order valence-electron chi connectivity index (χ0n) is 9.64. The normalized spacial score (nSPS) is 16.4. The van der Waals surface area contributed by atoms with Gasteiger partial charge >= 0.3 is 5.97 Å². The van der Waals surface area contributed by atoms with E-state index in [2.05, 4.69) is 5.32 Å². The van der Waals surface area contributed by atoms with Gasteiger partial charge in [-0.25, -0.2) is 4.79 Å². The third-order valence-corrected chi connectivity index (χ3v) is 2.03. The predicted octanol–water partition coefficient (Wildman–Crippen LogP) is 1.42. The van der Waals surface area contributed by atoms with Crippen LogP contribution in [0.15, 0.2) is 36.4 Å². The number of ether oxygens (including phenoxy) is 1. The van der Waals surface area contributed by atoms with Gasteiger partial charge in [0.05, 0.1) is 0 Å². The summed E-state index contributed by atoms with van der Waals surface area (Å²) in [7, 11) is 0.